The van der Waals surface area contributed by atoms with E-state index in [1.165, 1.54) is 11.8 Å². The molecule has 4 saturated heterocycles. The van der Waals surface area contributed by atoms with Crippen LogP contribution in [-0.4, -0.2) is 130 Å². The van der Waals surface area contributed by atoms with Gasteiger partial charge in [-0.05, 0) is 13.0 Å². The molecule has 4 N–H and O–H groups in total. The standard InChI is InChI=1S/C21H33N5O7/c1-3-24-9-12-6-13(24)21(32)25-4-5-26(11(2)27)14(10-25)20(31)22-8-16-19(30)18(29)15(33-16)7-17(28)23-12/h12-16,18-19,29-30H,3-10H2,1-2H3,(H,22,31)(H,23,28)/t12-,13-,14-,15-,16+,18-,19+/m0/s1. The third kappa shape index (κ3) is 4.70. The van der Waals surface area contributed by atoms with Crippen molar-refractivity contribution in [1.29, 1.82) is 0 Å². The average molecular weight is 468 g/mol. The molecule has 4 amide bonds. The number of amides is 4. The van der Waals surface area contributed by atoms with Crippen LogP contribution in [0.15, 0.2) is 0 Å². The van der Waals surface area contributed by atoms with Gasteiger partial charge in [-0.1, -0.05) is 6.92 Å². The fourth-order valence-corrected chi connectivity index (χ4v) is 5.36. The van der Waals surface area contributed by atoms with E-state index in [9.17, 15) is 29.4 Å². The molecule has 7 atom stereocenters. The van der Waals surface area contributed by atoms with Gasteiger partial charge in [-0.15, -0.1) is 0 Å². The fourth-order valence-electron chi connectivity index (χ4n) is 5.36. The molecule has 0 aromatic rings. The Hall–Kier alpha value is -2.28. The summed E-state index contributed by atoms with van der Waals surface area (Å²) in [5.74, 6) is -1.16. The van der Waals surface area contributed by atoms with Gasteiger partial charge in [0.1, 0.15) is 24.4 Å². The average Bonchev–Trinajstić information content (AvgIpc) is 3.31. The Kier molecular flexibility index (Phi) is 6.89. The highest BCUT2D eigenvalue weighted by Gasteiger charge is 2.46. The third-order valence-corrected chi connectivity index (χ3v) is 7.18. The molecule has 0 aliphatic carbocycles. The Bertz CT molecular complexity index is 810. The van der Waals surface area contributed by atoms with Crippen LogP contribution in [0.4, 0.5) is 0 Å². The Labute approximate surface area is 192 Å². The summed E-state index contributed by atoms with van der Waals surface area (Å²) >= 11 is 0. The number of piperazine rings is 1. The van der Waals surface area contributed by atoms with E-state index < -0.39 is 42.4 Å². The lowest BCUT2D eigenvalue weighted by Gasteiger charge is -2.41. The third-order valence-electron chi connectivity index (χ3n) is 7.18. The van der Waals surface area contributed by atoms with Crippen molar-refractivity contribution < 1.29 is 34.1 Å². The number of hydrogen-bond donors (Lipinski definition) is 4. The number of rotatable bonds is 1. The Morgan fingerprint density at radius 1 is 1.09 bits per heavy atom. The van der Waals surface area contributed by atoms with Crippen LogP contribution in [0.1, 0.15) is 26.7 Å². The van der Waals surface area contributed by atoms with Gasteiger partial charge in [0.05, 0.1) is 25.1 Å². The highest BCUT2D eigenvalue weighted by molar-refractivity contribution is 5.89. The minimum atomic E-state index is -1.27. The first-order valence-electron chi connectivity index (χ1n) is 11.6. The van der Waals surface area contributed by atoms with Crippen molar-refractivity contribution in [2.75, 3.05) is 39.3 Å². The van der Waals surface area contributed by atoms with Gasteiger partial charge in [0.2, 0.25) is 23.6 Å². The summed E-state index contributed by atoms with van der Waals surface area (Å²) in [4.78, 5) is 56.2. The van der Waals surface area contributed by atoms with E-state index in [1.807, 2.05) is 11.8 Å². The smallest absolute Gasteiger partial charge is 0.244 e. The number of ether oxygens (including phenoxy) is 1. The second kappa shape index (κ2) is 9.53. The first kappa shape index (κ1) is 23.9. The summed E-state index contributed by atoms with van der Waals surface area (Å²) in [6.07, 6.45) is -4.04. The van der Waals surface area contributed by atoms with Crippen molar-refractivity contribution >= 4 is 23.6 Å². The lowest BCUT2D eigenvalue weighted by atomic mass is 10.0. The molecular formula is C21H33N5O7. The molecule has 12 nitrogen and oxygen atoms in total. The van der Waals surface area contributed by atoms with Gasteiger partial charge in [-0.3, -0.25) is 24.1 Å². The van der Waals surface area contributed by atoms with Crippen LogP contribution in [0.5, 0.6) is 0 Å². The molecule has 6 bridgehead atoms. The number of aliphatic hydroxyl groups is 2. The predicted molar refractivity (Wildman–Crippen MR) is 114 cm³/mol. The Morgan fingerprint density at radius 3 is 2.52 bits per heavy atom. The molecule has 33 heavy (non-hydrogen) atoms. The van der Waals surface area contributed by atoms with Crippen molar-refractivity contribution in [3.05, 3.63) is 0 Å². The molecule has 0 saturated carbocycles. The molecule has 4 rings (SSSR count). The first-order chi connectivity index (χ1) is 15.7. The molecule has 0 spiro atoms. The van der Waals surface area contributed by atoms with E-state index in [4.69, 9.17) is 4.74 Å². The highest BCUT2D eigenvalue weighted by Crippen LogP contribution is 2.25. The number of aliphatic hydroxyl groups excluding tert-OH is 2. The SMILES string of the molecule is CCN1C[C@@H]2C[C@H]1C(=O)N1CCN(C(C)=O)[C@@H](C1)C(=O)NC[C@H]1O[C@@H](CC(=O)N2)[C@H](O)[C@@H]1O. The van der Waals surface area contributed by atoms with Gasteiger partial charge in [0, 0.05) is 39.1 Å². The molecule has 0 radical (unpaired) electrons. The van der Waals surface area contributed by atoms with E-state index in [2.05, 4.69) is 10.6 Å². The van der Waals surface area contributed by atoms with Crippen LogP contribution in [0.2, 0.25) is 0 Å². The topological polar surface area (TPSA) is 152 Å². The van der Waals surface area contributed by atoms with Crippen molar-refractivity contribution in [3.8, 4) is 0 Å². The number of likely N-dealkylation sites (N-methyl/N-ethyl adjacent to an activating group) is 1. The monoisotopic (exact) mass is 467 g/mol. The van der Waals surface area contributed by atoms with Gasteiger partial charge >= 0.3 is 0 Å². The summed E-state index contributed by atoms with van der Waals surface area (Å²) in [5, 5.41) is 26.3. The lowest BCUT2D eigenvalue weighted by molar-refractivity contribution is -0.149. The maximum absolute atomic E-state index is 13.4. The number of carbonyl (C=O) groups is 4. The van der Waals surface area contributed by atoms with E-state index in [1.54, 1.807) is 4.90 Å². The minimum Gasteiger partial charge on any atom is -0.388 e. The van der Waals surface area contributed by atoms with Crippen LogP contribution in [-0.2, 0) is 23.9 Å². The Morgan fingerprint density at radius 2 is 1.82 bits per heavy atom. The minimum absolute atomic E-state index is 0.0641. The summed E-state index contributed by atoms with van der Waals surface area (Å²) in [6.45, 7) is 4.99. The summed E-state index contributed by atoms with van der Waals surface area (Å²) in [6, 6.07) is -1.53. The second-order valence-electron chi connectivity index (χ2n) is 9.26. The van der Waals surface area contributed by atoms with E-state index in [-0.39, 0.29) is 49.8 Å². The summed E-state index contributed by atoms with van der Waals surface area (Å²) in [5.41, 5.74) is 0. The van der Waals surface area contributed by atoms with Crippen molar-refractivity contribution in [2.24, 2.45) is 0 Å². The molecule has 4 aliphatic heterocycles. The normalized spacial score (nSPS) is 38.3. The van der Waals surface area contributed by atoms with Gasteiger partial charge in [0.25, 0.3) is 0 Å². The number of carbonyl (C=O) groups excluding carboxylic acids is 4. The predicted octanol–water partition coefficient (Wildman–Crippen LogP) is -3.37. The molecule has 12 heteroatoms. The molecule has 0 unspecified atom stereocenters. The highest BCUT2D eigenvalue weighted by atomic mass is 16.5. The summed E-state index contributed by atoms with van der Waals surface area (Å²) < 4.78 is 5.69. The van der Waals surface area contributed by atoms with Crippen molar-refractivity contribution in [2.45, 2.75) is 69.2 Å². The van der Waals surface area contributed by atoms with Crippen LogP contribution < -0.4 is 10.6 Å². The lowest BCUT2D eigenvalue weighted by Crippen LogP contribution is -2.63. The van der Waals surface area contributed by atoms with Gasteiger partial charge in [0.15, 0.2) is 0 Å². The number of hydrogen-bond acceptors (Lipinski definition) is 8. The van der Waals surface area contributed by atoms with Crippen LogP contribution in [0.25, 0.3) is 0 Å². The zero-order valence-corrected chi connectivity index (χ0v) is 19.0. The molecule has 184 valence electrons. The summed E-state index contributed by atoms with van der Waals surface area (Å²) in [7, 11) is 0. The fraction of sp³-hybridized carbons (Fsp3) is 0.810. The molecule has 0 aromatic heterocycles. The second-order valence-corrected chi connectivity index (χ2v) is 9.26. The van der Waals surface area contributed by atoms with Gasteiger partial charge < -0.3 is 35.4 Å². The van der Waals surface area contributed by atoms with Crippen molar-refractivity contribution in [3.63, 3.8) is 0 Å². The molecule has 4 heterocycles. The van der Waals surface area contributed by atoms with E-state index in [0.29, 0.717) is 26.1 Å². The molecule has 0 aromatic carbocycles. The first-order valence-corrected chi connectivity index (χ1v) is 11.6. The zero-order valence-electron chi connectivity index (χ0n) is 19.0. The van der Waals surface area contributed by atoms with Crippen molar-refractivity contribution in [1.82, 2.24) is 25.3 Å². The van der Waals surface area contributed by atoms with Crippen LogP contribution in [0, 0.1) is 0 Å². The van der Waals surface area contributed by atoms with Gasteiger partial charge in [-0.25, -0.2) is 0 Å². The quantitative estimate of drug-likeness (QED) is 0.312. The number of likely N-dealkylation sites (tertiary alicyclic amines) is 1. The molecular weight excluding hydrogens is 434 g/mol. The molecule has 4 fully saturated rings. The van der Waals surface area contributed by atoms with E-state index >= 15 is 0 Å². The zero-order chi connectivity index (χ0) is 23.9. The number of nitrogens with one attached hydrogen (secondary N) is 2. The Balaban J connectivity index is 1.60. The maximum atomic E-state index is 13.4. The van der Waals surface area contributed by atoms with Crippen LogP contribution in [0.3, 0.4) is 0 Å². The van der Waals surface area contributed by atoms with E-state index in [0.717, 1.165) is 0 Å². The number of nitrogens with zero attached hydrogens (tertiary/aromatic N) is 3. The largest absolute Gasteiger partial charge is 0.388 e. The molecule has 4 aliphatic rings. The van der Waals surface area contributed by atoms with Gasteiger partial charge in [-0.2, -0.15) is 0 Å². The maximum Gasteiger partial charge on any atom is 0.244 e. The van der Waals surface area contributed by atoms with Crippen LogP contribution >= 0.6 is 0 Å². The number of fused-ring (bicyclic) bond motifs is 6.